The summed E-state index contributed by atoms with van der Waals surface area (Å²) in [6.45, 7) is 4.82. The van der Waals surface area contributed by atoms with Crippen LogP contribution in [-0.2, 0) is 11.3 Å². The van der Waals surface area contributed by atoms with Gasteiger partial charge in [-0.15, -0.1) is 0 Å². The molecule has 0 radical (unpaired) electrons. The van der Waals surface area contributed by atoms with Gasteiger partial charge in [0.15, 0.2) is 0 Å². The smallest absolute Gasteiger partial charge is 0.218 e. The molecule has 0 unspecified atom stereocenters. The Labute approximate surface area is 153 Å². The van der Waals surface area contributed by atoms with Crippen LogP contribution >= 0.6 is 0 Å². The van der Waals surface area contributed by atoms with E-state index >= 15 is 0 Å². The molecule has 3 heterocycles. The largest absolute Gasteiger partial charge is 0.478 e. The number of hydrogen-bond donors (Lipinski definition) is 0. The molecule has 0 N–H and O–H groups in total. The second-order valence-electron chi connectivity index (χ2n) is 6.43. The van der Waals surface area contributed by atoms with E-state index in [-0.39, 0.29) is 0 Å². The van der Waals surface area contributed by atoms with E-state index < -0.39 is 0 Å². The number of pyridine rings is 1. The summed E-state index contributed by atoms with van der Waals surface area (Å²) in [5.41, 5.74) is 4.49. The Morgan fingerprint density at radius 1 is 1.15 bits per heavy atom. The van der Waals surface area contributed by atoms with Crippen molar-refractivity contribution in [3.63, 3.8) is 0 Å². The minimum atomic E-state index is 0.361. The van der Waals surface area contributed by atoms with Gasteiger partial charge in [0.25, 0.3) is 0 Å². The van der Waals surface area contributed by atoms with E-state index in [0.717, 1.165) is 36.5 Å². The van der Waals surface area contributed by atoms with Gasteiger partial charge in [-0.05, 0) is 19.4 Å². The molecular weight excluding hydrogens is 326 g/mol. The first-order valence-corrected chi connectivity index (χ1v) is 9.11. The maximum Gasteiger partial charge on any atom is 0.218 e. The van der Waals surface area contributed by atoms with Crippen LogP contribution in [0.3, 0.4) is 0 Å². The van der Waals surface area contributed by atoms with E-state index in [2.05, 4.69) is 39.9 Å². The molecule has 1 aliphatic rings. The van der Waals surface area contributed by atoms with Crippen molar-refractivity contribution < 1.29 is 9.47 Å². The zero-order chi connectivity index (χ0) is 17.8. The fourth-order valence-corrected chi connectivity index (χ4v) is 3.51. The molecule has 0 amide bonds. The molecule has 1 fully saturated rings. The lowest BCUT2D eigenvalue weighted by atomic mass is 9.99. The quantitative estimate of drug-likeness (QED) is 0.677. The van der Waals surface area contributed by atoms with E-state index in [9.17, 15) is 0 Å². The molecule has 0 bridgehead atoms. The lowest BCUT2D eigenvalue weighted by Crippen LogP contribution is -2.11. The number of ether oxygens (including phenoxy) is 2. The molecule has 1 atom stereocenters. The van der Waals surface area contributed by atoms with Gasteiger partial charge in [-0.3, -0.25) is 0 Å². The summed E-state index contributed by atoms with van der Waals surface area (Å²) in [5.74, 6) is 1.05. The summed E-state index contributed by atoms with van der Waals surface area (Å²) in [6, 6.07) is 14.4. The van der Waals surface area contributed by atoms with Gasteiger partial charge in [-0.2, -0.15) is 0 Å². The maximum atomic E-state index is 5.70. The van der Waals surface area contributed by atoms with Gasteiger partial charge in [0.1, 0.15) is 0 Å². The van der Waals surface area contributed by atoms with Crippen molar-refractivity contribution >= 4 is 0 Å². The Kier molecular flexibility index (Phi) is 4.97. The summed E-state index contributed by atoms with van der Waals surface area (Å²) in [4.78, 5) is 9.13. The molecule has 0 aliphatic carbocycles. The van der Waals surface area contributed by atoms with Gasteiger partial charge in [-0.1, -0.05) is 36.4 Å². The van der Waals surface area contributed by atoms with E-state index in [1.165, 1.54) is 5.69 Å². The topological polar surface area (TPSA) is 49.2 Å². The Morgan fingerprint density at radius 3 is 2.81 bits per heavy atom. The fourth-order valence-electron chi connectivity index (χ4n) is 3.51. The first-order valence-electron chi connectivity index (χ1n) is 9.11. The Morgan fingerprint density at radius 2 is 2.04 bits per heavy atom. The Bertz CT molecular complexity index is 855. The van der Waals surface area contributed by atoms with Crippen LogP contribution in [0.25, 0.3) is 11.3 Å². The molecule has 3 aromatic rings. The number of rotatable bonds is 6. The highest BCUT2D eigenvalue weighted by atomic mass is 16.5. The van der Waals surface area contributed by atoms with Crippen molar-refractivity contribution in [1.29, 1.82) is 0 Å². The first-order chi connectivity index (χ1) is 12.9. The fraction of sp³-hybridized carbons (Fsp3) is 0.333. The second kappa shape index (κ2) is 7.70. The molecule has 2 aromatic heterocycles. The molecule has 26 heavy (non-hydrogen) atoms. The molecular formula is C21H23N3O2. The number of nitrogens with zero attached hydrogens (tertiary/aromatic N) is 3. The van der Waals surface area contributed by atoms with Crippen LogP contribution in [0.1, 0.15) is 30.5 Å². The summed E-state index contributed by atoms with van der Waals surface area (Å²) in [7, 11) is 0. The molecule has 0 saturated carbocycles. The van der Waals surface area contributed by atoms with Crippen molar-refractivity contribution in [1.82, 2.24) is 14.5 Å². The van der Waals surface area contributed by atoms with Crippen molar-refractivity contribution in [2.45, 2.75) is 25.8 Å². The molecule has 4 rings (SSSR count). The van der Waals surface area contributed by atoms with Crippen LogP contribution in [0.5, 0.6) is 5.88 Å². The van der Waals surface area contributed by atoms with Crippen LogP contribution in [-0.4, -0.2) is 34.4 Å². The van der Waals surface area contributed by atoms with Crippen molar-refractivity contribution in [2.75, 3.05) is 19.8 Å². The van der Waals surface area contributed by atoms with Crippen LogP contribution in [0.4, 0.5) is 0 Å². The van der Waals surface area contributed by atoms with Crippen molar-refractivity contribution in [3.8, 4) is 17.1 Å². The van der Waals surface area contributed by atoms with E-state index in [0.29, 0.717) is 24.9 Å². The van der Waals surface area contributed by atoms with Crippen LogP contribution < -0.4 is 4.74 Å². The lowest BCUT2D eigenvalue weighted by Gasteiger charge is -2.16. The third-order valence-corrected chi connectivity index (χ3v) is 4.71. The minimum absolute atomic E-state index is 0.361. The first kappa shape index (κ1) is 16.8. The second-order valence-corrected chi connectivity index (χ2v) is 6.43. The third kappa shape index (κ3) is 3.35. The predicted octanol–water partition coefficient (Wildman–Crippen LogP) is 3.90. The number of imidazole rings is 1. The van der Waals surface area contributed by atoms with Crippen LogP contribution in [0.2, 0.25) is 0 Å². The normalized spacial score (nSPS) is 16.7. The van der Waals surface area contributed by atoms with Gasteiger partial charge in [0.2, 0.25) is 5.88 Å². The molecule has 5 heteroatoms. The number of benzene rings is 1. The molecule has 1 saturated heterocycles. The average Bonchev–Trinajstić information content (AvgIpc) is 3.34. The van der Waals surface area contributed by atoms with E-state index in [4.69, 9.17) is 14.5 Å². The molecule has 134 valence electrons. The van der Waals surface area contributed by atoms with E-state index in [1.807, 2.05) is 25.4 Å². The number of hydrogen-bond acceptors (Lipinski definition) is 4. The molecule has 5 nitrogen and oxygen atoms in total. The zero-order valence-corrected chi connectivity index (χ0v) is 15.0. The summed E-state index contributed by atoms with van der Waals surface area (Å²) < 4.78 is 13.6. The third-order valence-electron chi connectivity index (χ3n) is 4.71. The summed E-state index contributed by atoms with van der Waals surface area (Å²) >= 11 is 0. The summed E-state index contributed by atoms with van der Waals surface area (Å²) in [5, 5.41) is 0. The summed E-state index contributed by atoms with van der Waals surface area (Å²) in [6.07, 6.45) is 4.72. The average molecular weight is 349 g/mol. The number of aromatic nitrogens is 3. The van der Waals surface area contributed by atoms with Crippen molar-refractivity contribution in [3.05, 3.63) is 66.2 Å². The lowest BCUT2D eigenvalue weighted by molar-refractivity contribution is 0.193. The van der Waals surface area contributed by atoms with Crippen LogP contribution in [0.15, 0.2) is 55.0 Å². The molecule has 1 aromatic carbocycles. The SMILES string of the molecule is CCOc1ncccc1Cn1cnc(-c2ccccc2)c1[C@H]1CCOC1. The van der Waals surface area contributed by atoms with Gasteiger partial charge >= 0.3 is 0 Å². The Hall–Kier alpha value is -2.66. The minimum Gasteiger partial charge on any atom is -0.478 e. The van der Waals surface area contributed by atoms with Crippen molar-refractivity contribution in [2.24, 2.45) is 0 Å². The van der Waals surface area contributed by atoms with Crippen LogP contribution in [0, 0.1) is 0 Å². The highest BCUT2D eigenvalue weighted by molar-refractivity contribution is 5.62. The molecule has 0 spiro atoms. The predicted molar refractivity (Wildman–Crippen MR) is 100 cm³/mol. The van der Waals surface area contributed by atoms with Gasteiger partial charge < -0.3 is 14.0 Å². The van der Waals surface area contributed by atoms with E-state index in [1.54, 1.807) is 6.20 Å². The Balaban J connectivity index is 1.74. The highest BCUT2D eigenvalue weighted by Crippen LogP contribution is 2.34. The van der Waals surface area contributed by atoms with Gasteiger partial charge in [0.05, 0.1) is 37.5 Å². The standard InChI is InChI=1S/C21H23N3O2/c1-2-26-21-17(9-6-11-22-21)13-24-15-23-19(16-7-4-3-5-8-16)20(24)18-10-12-25-14-18/h3-9,11,15,18H,2,10,12-14H2,1H3/t18-/m0/s1. The zero-order valence-electron chi connectivity index (χ0n) is 15.0. The van der Waals surface area contributed by atoms with Gasteiger partial charge in [-0.25, -0.2) is 9.97 Å². The molecule has 1 aliphatic heterocycles. The monoisotopic (exact) mass is 349 g/mol. The van der Waals surface area contributed by atoms with Gasteiger partial charge in [0, 0.05) is 29.8 Å². The maximum absolute atomic E-state index is 5.70. The highest BCUT2D eigenvalue weighted by Gasteiger charge is 2.26.